The van der Waals surface area contributed by atoms with E-state index in [9.17, 15) is 9.59 Å². The van der Waals surface area contributed by atoms with Crippen LogP contribution in [0.5, 0.6) is 5.75 Å². The lowest BCUT2D eigenvalue weighted by molar-refractivity contribution is -0.114. The van der Waals surface area contributed by atoms with Crippen LogP contribution in [0, 0.1) is 6.92 Å². The third kappa shape index (κ3) is 4.57. The SMILES string of the molecule is COc1ccc(NC(C)=O)cc1CNC(=O)c1cccc(C)c1. The third-order valence-corrected chi connectivity index (χ3v) is 3.32. The van der Waals surface area contributed by atoms with E-state index in [4.69, 9.17) is 4.74 Å². The Kier molecular flexibility index (Phi) is 5.36. The minimum Gasteiger partial charge on any atom is -0.496 e. The Hall–Kier alpha value is -2.82. The molecule has 2 rings (SSSR count). The first-order valence-corrected chi connectivity index (χ1v) is 7.29. The van der Waals surface area contributed by atoms with E-state index in [1.54, 1.807) is 31.4 Å². The van der Waals surface area contributed by atoms with Crippen LogP contribution in [0.15, 0.2) is 42.5 Å². The summed E-state index contributed by atoms with van der Waals surface area (Å²) in [6.45, 7) is 3.70. The normalized spacial score (nSPS) is 10.0. The molecular formula is C18H20N2O3. The number of methoxy groups -OCH3 is 1. The molecule has 0 aliphatic carbocycles. The second-order valence-electron chi connectivity index (χ2n) is 5.26. The number of nitrogens with one attached hydrogen (secondary N) is 2. The highest BCUT2D eigenvalue weighted by molar-refractivity contribution is 5.94. The summed E-state index contributed by atoms with van der Waals surface area (Å²) in [6.07, 6.45) is 0. The van der Waals surface area contributed by atoms with Crippen molar-refractivity contribution in [2.24, 2.45) is 0 Å². The van der Waals surface area contributed by atoms with Crippen LogP contribution in [0.4, 0.5) is 5.69 Å². The average Bonchev–Trinajstić information content (AvgIpc) is 2.52. The number of ether oxygens (including phenoxy) is 1. The van der Waals surface area contributed by atoms with Crippen molar-refractivity contribution in [3.8, 4) is 5.75 Å². The van der Waals surface area contributed by atoms with Crippen molar-refractivity contribution in [3.05, 3.63) is 59.2 Å². The summed E-state index contributed by atoms with van der Waals surface area (Å²) >= 11 is 0. The third-order valence-electron chi connectivity index (χ3n) is 3.32. The van der Waals surface area contributed by atoms with E-state index in [-0.39, 0.29) is 11.8 Å². The number of anilines is 1. The van der Waals surface area contributed by atoms with Gasteiger partial charge < -0.3 is 15.4 Å². The van der Waals surface area contributed by atoms with Gasteiger partial charge >= 0.3 is 0 Å². The van der Waals surface area contributed by atoms with Gasteiger partial charge in [-0.2, -0.15) is 0 Å². The lowest BCUT2D eigenvalue weighted by Crippen LogP contribution is -2.23. The number of hydrogen-bond donors (Lipinski definition) is 2. The fourth-order valence-electron chi connectivity index (χ4n) is 2.26. The molecule has 120 valence electrons. The van der Waals surface area contributed by atoms with Crippen molar-refractivity contribution in [1.29, 1.82) is 0 Å². The van der Waals surface area contributed by atoms with Crippen LogP contribution >= 0.6 is 0 Å². The molecule has 0 aliphatic rings. The lowest BCUT2D eigenvalue weighted by Gasteiger charge is -2.12. The van der Waals surface area contributed by atoms with E-state index < -0.39 is 0 Å². The Morgan fingerprint density at radius 3 is 2.57 bits per heavy atom. The summed E-state index contributed by atoms with van der Waals surface area (Å²) in [5, 5.41) is 5.58. The van der Waals surface area contributed by atoms with Crippen LogP contribution < -0.4 is 15.4 Å². The van der Waals surface area contributed by atoms with Gasteiger partial charge in [0.2, 0.25) is 5.91 Å². The summed E-state index contributed by atoms with van der Waals surface area (Å²) in [4.78, 5) is 23.4. The minimum absolute atomic E-state index is 0.148. The van der Waals surface area contributed by atoms with Gasteiger partial charge in [0.25, 0.3) is 5.91 Å². The van der Waals surface area contributed by atoms with E-state index in [1.807, 2.05) is 25.1 Å². The van der Waals surface area contributed by atoms with Crippen molar-refractivity contribution >= 4 is 17.5 Å². The van der Waals surface area contributed by atoms with Crippen LogP contribution in [0.1, 0.15) is 28.4 Å². The van der Waals surface area contributed by atoms with E-state index in [2.05, 4.69) is 10.6 Å². The summed E-state index contributed by atoms with van der Waals surface area (Å²) in [6, 6.07) is 12.7. The topological polar surface area (TPSA) is 67.4 Å². The Morgan fingerprint density at radius 2 is 1.91 bits per heavy atom. The van der Waals surface area contributed by atoms with Crippen molar-refractivity contribution < 1.29 is 14.3 Å². The molecule has 0 saturated heterocycles. The zero-order valence-corrected chi connectivity index (χ0v) is 13.5. The zero-order valence-electron chi connectivity index (χ0n) is 13.5. The summed E-state index contributed by atoms with van der Waals surface area (Å²) in [7, 11) is 1.57. The maximum Gasteiger partial charge on any atom is 0.251 e. The van der Waals surface area contributed by atoms with Gasteiger partial charge in [0.15, 0.2) is 0 Å². The fourth-order valence-corrected chi connectivity index (χ4v) is 2.26. The van der Waals surface area contributed by atoms with Crippen molar-refractivity contribution in [3.63, 3.8) is 0 Å². The fraction of sp³-hybridized carbons (Fsp3) is 0.222. The van der Waals surface area contributed by atoms with Crippen molar-refractivity contribution in [2.45, 2.75) is 20.4 Å². The molecule has 0 bridgehead atoms. The number of carbonyl (C=O) groups is 2. The molecule has 5 nitrogen and oxygen atoms in total. The summed E-state index contributed by atoms with van der Waals surface area (Å²) in [5.74, 6) is 0.356. The highest BCUT2D eigenvalue weighted by atomic mass is 16.5. The van der Waals surface area contributed by atoms with Crippen LogP contribution in [0.2, 0.25) is 0 Å². The van der Waals surface area contributed by atoms with Gasteiger partial charge in [-0.25, -0.2) is 0 Å². The highest BCUT2D eigenvalue weighted by Gasteiger charge is 2.09. The monoisotopic (exact) mass is 312 g/mol. The van der Waals surface area contributed by atoms with Crippen LogP contribution in [-0.4, -0.2) is 18.9 Å². The number of benzene rings is 2. The van der Waals surface area contributed by atoms with Gasteiger partial charge in [-0.3, -0.25) is 9.59 Å². The molecule has 2 aromatic rings. The van der Waals surface area contributed by atoms with Crippen LogP contribution in [-0.2, 0) is 11.3 Å². The van der Waals surface area contributed by atoms with E-state index in [0.717, 1.165) is 11.1 Å². The van der Waals surface area contributed by atoms with E-state index in [1.165, 1.54) is 6.92 Å². The zero-order chi connectivity index (χ0) is 16.8. The molecule has 2 aromatic carbocycles. The van der Waals surface area contributed by atoms with Gasteiger partial charge in [-0.15, -0.1) is 0 Å². The maximum atomic E-state index is 12.2. The molecule has 0 radical (unpaired) electrons. The standard InChI is InChI=1S/C18H20N2O3/c1-12-5-4-6-14(9-12)18(22)19-11-15-10-16(20-13(2)21)7-8-17(15)23-3/h4-10H,11H2,1-3H3,(H,19,22)(H,20,21). The van der Waals surface area contributed by atoms with Gasteiger partial charge in [-0.05, 0) is 37.3 Å². The van der Waals surface area contributed by atoms with Gasteiger partial charge in [0.05, 0.1) is 7.11 Å². The maximum absolute atomic E-state index is 12.2. The first kappa shape index (κ1) is 16.5. The molecule has 0 fully saturated rings. The molecule has 23 heavy (non-hydrogen) atoms. The first-order valence-electron chi connectivity index (χ1n) is 7.29. The minimum atomic E-state index is -0.152. The molecular weight excluding hydrogens is 292 g/mol. The smallest absolute Gasteiger partial charge is 0.251 e. The van der Waals surface area contributed by atoms with Crippen LogP contribution in [0.3, 0.4) is 0 Å². The quantitative estimate of drug-likeness (QED) is 0.892. The van der Waals surface area contributed by atoms with Crippen LogP contribution in [0.25, 0.3) is 0 Å². The van der Waals surface area contributed by atoms with E-state index in [0.29, 0.717) is 23.5 Å². The Labute approximate surface area is 135 Å². The summed E-state index contributed by atoms with van der Waals surface area (Å²) < 4.78 is 5.30. The van der Waals surface area contributed by atoms with Gasteiger partial charge in [-0.1, -0.05) is 17.7 Å². The Bertz CT molecular complexity index is 726. The second kappa shape index (κ2) is 7.45. The predicted molar refractivity (Wildman–Crippen MR) is 89.6 cm³/mol. The number of aryl methyl sites for hydroxylation is 1. The molecule has 5 heteroatoms. The molecule has 0 saturated carbocycles. The van der Waals surface area contributed by atoms with Crippen molar-refractivity contribution in [2.75, 3.05) is 12.4 Å². The Balaban J connectivity index is 2.12. The first-order chi connectivity index (χ1) is 11.0. The number of hydrogen-bond acceptors (Lipinski definition) is 3. The largest absolute Gasteiger partial charge is 0.496 e. The number of amides is 2. The number of rotatable bonds is 5. The molecule has 0 atom stereocenters. The van der Waals surface area contributed by atoms with Crippen molar-refractivity contribution in [1.82, 2.24) is 5.32 Å². The lowest BCUT2D eigenvalue weighted by atomic mass is 10.1. The molecule has 2 N–H and O–H groups in total. The van der Waals surface area contributed by atoms with E-state index >= 15 is 0 Å². The predicted octanol–water partition coefficient (Wildman–Crippen LogP) is 2.89. The molecule has 0 aliphatic heterocycles. The molecule has 0 aromatic heterocycles. The average molecular weight is 312 g/mol. The Morgan fingerprint density at radius 1 is 1.13 bits per heavy atom. The van der Waals surface area contributed by atoms with Gasteiger partial charge in [0.1, 0.15) is 5.75 Å². The molecule has 0 unspecified atom stereocenters. The number of carbonyl (C=O) groups excluding carboxylic acids is 2. The molecule has 0 spiro atoms. The molecule has 0 heterocycles. The highest BCUT2D eigenvalue weighted by Crippen LogP contribution is 2.22. The second-order valence-corrected chi connectivity index (χ2v) is 5.26. The van der Waals surface area contributed by atoms with Gasteiger partial charge in [0, 0.05) is 30.3 Å². The molecule has 2 amide bonds. The summed E-state index contributed by atoms with van der Waals surface area (Å²) in [5.41, 5.74) is 3.10.